The fourth-order valence-electron chi connectivity index (χ4n) is 4.27. The van der Waals surface area contributed by atoms with E-state index in [-0.39, 0.29) is 5.54 Å². The summed E-state index contributed by atoms with van der Waals surface area (Å²) in [5, 5.41) is 1.73. The van der Waals surface area contributed by atoms with E-state index in [0.717, 1.165) is 29.4 Å². The second kappa shape index (κ2) is 6.74. The van der Waals surface area contributed by atoms with Gasteiger partial charge in [-0.25, -0.2) is 8.42 Å². The van der Waals surface area contributed by atoms with Crippen LogP contribution in [0.25, 0.3) is 10.8 Å². The van der Waals surface area contributed by atoms with Gasteiger partial charge in [0.05, 0.1) is 17.0 Å². The van der Waals surface area contributed by atoms with Gasteiger partial charge in [0.2, 0.25) is 10.0 Å². The highest BCUT2D eigenvalue weighted by molar-refractivity contribution is 7.89. The Hall–Kier alpha value is -1.67. The van der Waals surface area contributed by atoms with Crippen LogP contribution in [0.15, 0.2) is 41.3 Å². The fourth-order valence-corrected chi connectivity index (χ4v) is 5.99. The van der Waals surface area contributed by atoms with Crippen molar-refractivity contribution in [3.05, 3.63) is 36.4 Å². The Balaban J connectivity index is 1.78. The number of nitrogens with zero attached hydrogens (tertiary/aromatic N) is 3. The van der Waals surface area contributed by atoms with Crippen LogP contribution in [0.4, 0.5) is 5.69 Å². The molecule has 2 aromatic carbocycles. The van der Waals surface area contributed by atoms with E-state index in [2.05, 4.69) is 11.9 Å². The Morgan fingerprint density at radius 3 is 2.52 bits per heavy atom. The van der Waals surface area contributed by atoms with Gasteiger partial charge in [-0.15, -0.1) is 0 Å². The van der Waals surface area contributed by atoms with Crippen molar-refractivity contribution in [1.29, 1.82) is 0 Å². The van der Waals surface area contributed by atoms with E-state index in [4.69, 9.17) is 4.74 Å². The number of hydrogen-bond acceptors (Lipinski definition) is 5. The molecule has 2 aliphatic rings. The maximum absolute atomic E-state index is 13.6. The lowest BCUT2D eigenvalue weighted by Crippen LogP contribution is -2.62. The van der Waals surface area contributed by atoms with Crippen molar-refractivity contribution in [3.63, 3.8) is 0 Å². The van der Waals surface area contributed by atoms with Crippen molar-refractivity contribution in [1.82, 2.24) is 9.21 Å². The van der Waals surface area contributed by atoms with Gasteiger partial charge < -0.3 is 9.64 Å². The van der Waals surface area contributed by atoms with E-state index in [0.29, 0.717) is 31.2 Å². The van der Waals surface area contributed by atoms with E-state index in [1.165, 1.54) is 0 Å². The molecule has 7 heteroatoms. The summed E-state index contributed by atoms with van der Waals surface area (Å²) >= 11 is 0. The molecule has 27 heavy (non-hydrogen) atoms. The molecule has 1 spiro atoms. The molecule has 4 rings (SSSR count). The topological polar surface area (TPSA) is 53.1 Å². The molecule has 0 aliphatic carbocycles. The lowest BCUT2D eigenvalue weighted by molar-refractivity contribution is 0.0375. The quantitative estimate of drug-likeness (QED) is 0.804. The van der Waals surface area contributed by atoms with E-state index < -0.39 is 10.0 Å². The SMILES string of the molecule is CN(C)c1cccc2c(S(=O)(=O)N3CCN(C)C4(CCOC4)C3)cccc12. The molecular weight excluding hydrogens is 362 g/mol. The van der Waals surface area contributed by atoms with Crippen molar-refractivity contribution in [3.8, 4) is 0 Å². The third-order valence-corrected chi connectivity index (χ3v) is 7.91. The first kappa shape index (κ1) is 18.7. The van der Waals surface area contributed by atoms with Crippen LogP contribution < -0.4 is 4.90 Å². The molecule has 2 aromatic rings. The summed E-state index contributed by atoms with van der Waals surface area (Å²) in [6, 6.07) is 11.4. The molecule has 2 saturated heterocycles. The summed E-state index contributed by atoms with van der Waals surface area (Å²) < 4.78 is 34.4. The molecule has 0 amide bonds. The average molecular weight is 390 g/mol. The zero-order chi connectivity index (χ0) is 19.2. The van der Waals surface area contributed by atoms with Gasteiger partial charge in [0.1, 0.15) is 0 Å². The van der Waals surface area contributed by atoms with E-state index in [1.807, 2.05) is 49.3 Å². The molecule has 0 aromatic heterocycles. The zero-order valence-electron chi connectivity index (χ0n) is 16.2. The maximum atomic E-state index is 13.6. The lowest BCUT2D eigenvalue weighted by Gasteiger charge is -2.45. The van der Waals surface area contributed by atoms with Gasteiger partial charge in [-0.3, -0.25) is 4.90 Å². The smallest absolute Gasteiger partial charge is 0.243 e. The zero-order valence-corrected chi connectivity index (χ0v) is 17.0. The molecule has 1 unspecified atom stereocenters. The van der Waals surface area contributed by atoms with Gasteiger partial charge in [-0.2, -0.15) is 4.31 Å². The van der Waals surface area contributed by atoms with Crippen molar-refractivity contribution < 1.29 is 13.2 Å². The van der Waals surface area contributed by atoms with Crippen LogP contribution in [0, 0.1) is 0 Å². The normalized spacial score (nSPS) is 24.7. The maximum Gasteiger partial charge on any atom is 0.243 e. The van der Waals surface area contributed by atoms with Crippen LogP contribution in [0.5, 0.6) is 0 Å². The number of benzene rings is 2. The van der Waals surface area contributed by atoms with Crippen LogP contribution in [0.3, 0.4) is 0 Å². The molecule has 0 saturated carbocycles. The van der Waals surface area contributed by atoms with E-state index >= 15 is 0 Å². The summed E-state index contributed by atoms with van der Waals surface area (Å²) in [4.78, 5) is 4.67. The van der Waals surface area contributed by atoms with Gasteiger partial charge >= 0.3 is 0 Å². The summed E-state index contributed by atoms with van der Waals surface area (Å²) in [5.41, 5.74) is 0.814. The number of hydrogen-bond donors (Lipinski definition) is 0. The van der Waals surface area contributed by atoms with Crippen molar-refractivity contribution in [2.45, 2.75) is 16.9 Å². The Morgan fingerprint density at radius 1 is 1.07 bits per heavy atom. The number of ether oxygens (including phenoxy) is 1. The third-order valence-electron chi connectivity index (χ3n) is 6.01. The molecule has 1 atom stereocenters. The third kappa shape index (κ3) is 3.02. The minimum atomic E-state index is -3.59. The molecule has 2 aliphatic heterocycles. The molecule has 146 valence electrons. The molecule has 0 bridgehead atoms. The fraction of sp³-hybridized carbons (Fsp3) is 0.500. The predicted octanol–water partition coefficient (Wildman–Crippen LogP) is 2.00. The first-order chi connectivity index (χ1) is 12.8. The summed E-state index contributed by atoms with van der Waals surface area (Å²) in [7, 11) is 2.43. The Kier molecular flexibility index (Phi) is 4.66. The second-order valence-electron chi connectivity index (χ2n) is 7.81. The summed E-state index contributed by atoms with van der Waals surface area (Å²) in [5.74, 6) is 0. The number of piperazine rings is 1. The van der Waals surface area contributed by atoms with Crippen LogP contribution in [0.1, 0.15) is 6.42 Å². The first-order valence-corrected chi connectivity index (χ1v) is 10.8. The number of likely N-dealkylation sites (N-methyl/N-ethyl adjacent to an activating group) is 1. The highest BCUT2D eigenvalue weighted by Crippen LogP contribution is 2.35. The van der Waals surface area contributed by atoms with E-state index in [1.54, 1.807) is 10.4 Å². The Morgan fingerprint density at radius 2 is 1.81 bits per heavy atom. The predicted molar refractivity (Wildman–Crippen MR) is 108 cm³/mol. The highest BCUT2D eigenvalue weighted by atomic mass is 32.2. The Labute approximate surface area is 161 Å². The van der Waals surface area contributed by atoms with Gasteiger partial charge in [-0.05, 0) is 25.6 Å². The molecular formula is C20H27N3O3S. The van der Waals surface area contributed by atoms with E-state index in [9.17, 15) is 8.42 Å². The van der Waals surface area contributed by atoms with Crippen molar-refractivity contribution in [2.24, 2.45) is 0 Å². The van der Waals surface area contributed by atoms with Crippen molar-refractivity contribution in [2.75, 3.05) is 58.9 Å². The van der Waals surface area contributed by atoms with Crippen LogP contribution in [-0.2, 0) is 14.8 Å². The van der Waals surface area contributed by atoms with Crippen molar-refractivity contribution >= 4 is 26.5 Å². The highest BCUT2D eigenvalue weighted by Gasteiger charge is 2.46. The molecule has 0 radical (unpaired) electrons. The number of fused-ring (bicyclic) bond motifs is 1. The monoisotopic (exact) mass is 389 g/mol. The van der Waals surface area contributed by atoms with Crippen LogP contribution >= 0.6 is 0 Å². The van der Waals surface area contributed by atoms with Gasteiger partial charge in [-0.1, -0.05) is 24.3 Å². The molecule has 2 fully saturated rings. The van der Waals surface area contributed by atoms with Crippen LogP contribution in [-0.4, -0.2) is 77.2 Å². The van der Waals surface area contributed by atoms with Gasteiger partial charge in [0.15, 0.2) is 0 Å². The largest absolute Gasteiger partial charge is 0.379 e. The summed E-state index contributed by atoms with van der Waals surface area (Å²) in [6.45, 7) is 2.99. The molecule has 6 nitrogen and oxygen atoms in total. The standard InChI is InChI=1S/C20H27N3O3S/c1-21(2)18-8-4-7-17-16(18)6-5-9-19(17)27(24,25)23-12-11-22(3)20(14-23)10-13-26-15-20/h4-9H,10-15H2,1-3H3. The van der Waals surface area contributed by atoms with Gasteiger partial charge in [0, 0.05) is 56.8 Å². The average Bonchev–Trinajstić information content (AvgIpc) is 3.12. The number of rotatable bonds is 3. The number of anilines is 1. The molecule has 2 heterocycles. The lowest BCUT2D eigenvalue weighted by atomic mass is 9.95. The minimum Gasteiger partial charge on any atom is -0.379 e. The first-order valence-electron chi connectivity index (χ1n) is 9.33. The van der Waals surface area contributed by atoms with Crippen LogP contribution in [0.2, 0.25) is 0 Å². The summed E-state index contributed by atoms with van der Waals surface area (Å²) in [6.07, 6.45) is 0.871. The molecule has 0 N–H and O–H groups in total. The second-order valence-corrected chi connectivity index (χ2v) is 9.72. The Bertz CT molecular complexity index is 952. The van der Waals surface area contributed by atoms with Gasteiger partial charge in [0.25, 0.3) is 0 Å². The minimum absolute atomic E-state index is 0.204. The number of sulfonamides is 1.